The summed E-state index contributed by atoms with van der Waals surface area (Å²) in [5.74, 6) is 0.980. The lowest BCUT2D eigenvalue weighted by Gasteiger charge is -1.95. The maximum Gasteiger partial charge on any atom is 0.279 e. The lowest BCUT2D eigenvalue weighted by atomic mass is 10.3. The van der Waals surface area contributed by atoms with Crippen molar-refractivity contribution in [2.75, 3.05) is 5.32 Å². The van der Waals surface area contributed by atoms with Gasteiger partial charge in [-0.3, -0.25) is 10.1 Å². The lowest BCUT2D eigenvalue weighted by Crippen LogP contribution is -2.12. The standard InChI is InChI=1S/C14H12N4O2S2/c19-12(10-6-20-11(15-10)5-8-1-2-8)16-14-18-17-13(22-14)9-3-4-21-7-9/h3-4,6-8H,1-2,5H2,(H,16,18,19). The molecule has 0 saturated heterocycles. The van der Waals surface area contributed by atoms with E-state index in [-0.39, 0.29) is 11.6 Å². The van der Waals surface area contributed by atoms with Crippen LogP contribution in [0.2, 0.25) is 0 Å². The van der Waals surface area contributed by atoms with E-state index in [0.29, 0.717) is 16.9 Å². The van der Waals surface area contributed by atoms with Crippen molar-refractivity contribution in [3.05, 3.63) is 34.7 Å². The van der Waals surface area contributed by atoms with E-state index in [1.165, 1.54) is 30.4 Å². The topological polar surface area (TPSA) is 80.9 Å². The monoisotopic (exact) mass is 332 g/mol. The minimum atomic E-state index is -0.321. The minimum absolute atomic E-state index is 0.280. The highest BCUT2D eigenvalue weighted by Gasteiger charge is 2.24. The summed E-state index contributed by atoms with van der Waals surface area (Å²) in [7, 11) is 0. The van der Waals surface area contributed by atoms with Gasteiger partial charge in [0.1, 0.15) is 11.3 Å². The average Bonchev–Trinajstić information content (AvgIpc) is 2.96. The Balaban J connectivity index is 1.44. The van der Waals surface area contributed by atoms with Crippen molar-refractivity contribution in [1.29, 1.82) is 0 Å². The van der Waals surface area contributed by atoms with Gasteiger partial charge in [-0.2, -0.15) is 11.3 Å². The van der Waals surface area contributed by atoms with E-state index in [9.17, 15) is 4.79 Å². The van der Waals surface area contributed by atoms with Crippen molar-refractivity contribution in [3.63, 3.8) is 0 Å². The third-order valence-corrected chi connectivity index (χ3v) is 4.93. The zero-order valence-electron chi connectivity index (χ0n) is 11.5. The quantitative estimate of drug-likeness (QED) is 0.774. The van der Waals surface area contributed by atoms with Gasteiger partial charge in [0.05, 0.1) is 0 Å². The summed E-state index contributed by atoms with van der Waals surface area (Å²) in [6, 6.07) is 1.97. The van der Waals surface area contributed by atoms with Gasteiger partial charge in [0.25, 0.3) is 5.91 Å². The van der Waals surface area contributed by atoms with Crippen molar-refractivity contribution < 1.29 is 9.21 Å². The van der Waals surface area contributed by atoms with Gasteiger partial charge < -0.3 is 4.42 Å². The molecule has 3 aromatic rings. The molecule has 0 unspecified atom stereocenters. The van der Waals surface area contributed by atoms with Crippen LogP contribution in [0.1, 0.15) is 29.2 Å². The van der Waals surface area contributed by atoms with Crippen LogP contribution >= 0.6 is 22.7 Å². The highest BCUT2D eigenvalue weighted by atomic mass is 32.1. The number of nitrogens with zero attached hydrogens (tertiary/aromatic N) is 3. The molecule has 1 aliphatic carbocycles. The number of carbonyl (C=O) groups is 1. The number of nitrogens with one attached hydrogen (secondary N) is 1. The van der Waals surface area contributed by atoms with Gasteiger partial charge >= 0.3 is 0 Å². The molecular formula is C14H12N4O2S2. The molecule has 0 radical (unpaired) electrons. The molecule has 3 aromatic heterocycles. The Bertz CT molecular complexity index is 789. The first-order chi connectivity index (χ1) is 10.8. The number of anilines is 1. The van der Waals surface area contributed by atoms with Crippen molar-refractivity contribution >= 4 is 33.7 Å². The fraction of sp³-hybridized carbons (Fsp3) is 0.286. The number of oxazole rings is 1. The maximum absolute atomic E-state index is 12.1. The summed E-state index contributed by atoms with van der Waals surface area (Å²) in [5.41, 5.74) is 1.29. The first-order valence-corrected chi connectivity index (χ1v) is 8.65. The summed E-state index contributed by atoms with van der Waals surface area (Å²) in [6.07, 6.45) is 4.66. The van der Waals surface area contributed by atoms with Crippen LogP contribution in [-0.4, -0.2) is 21.1 Å². The Morgan fingerprint density at radius 3 is 3.09 bits per heavy atom. The van der Waals surface area contributed by atoms with Gasteiger partial charge in [0.15, 0.2) is 11.6 Å². The first kappa shape index (κ1) is 13.6. The molecule has 1 aliphatic rings. The molecule has 0 aliphatic heterocycles. The average molecular weight is 332 g/mol. The largest absolute Gasteiger partial charge is 0.448 e. The van der Waals surface area contributed by atoms with Crippen LogP contribution in [0.5, 0.6) is 0 Å². The van der Waals surface area contributed by atoms with Gasteiger partial charge in [-0.15, -0.1) is 10.2 Å². The molecule has 1 fully saturated rings. The first-order valence-electron chi connectivity index (χ1n) is 6.90. The van der Waals surface area contributed by atoms with Gasteiger partial charge in [-0.05, 0) is 30.2 Å². The number of hydrogen-bond donors (Lipinski definition) is 1. The smallest absolute Gasteiger partial charge is 0.279 e. The Morgan fingerprint density at radius 1 is 1.41 bits per heavy atom. The molecule has 112 valence electrons. The Morgan fingerprint density at radius 2 is 2.32 bits per heavy atom. The summed E-state index contributed by atoms with van der Waals surface area (Å²) in [4.78, 5) is 16.4. The molecule has 1 amide bonds. The zero-order valence-corrected chi connectivity index (χ0v) is 13.1. The van der Waals surface area contributed by atoms with E-state index >= 15 is 0 Å². The van der Waals surface area contributed by atoms with Crippen LogP contribution in [-0.2, 0) is 6.42 Å². The normalized spacial score (nSPS) is 14.2. The van der Waals surface area contributed by atoms with Gasteiger partial charge in [0, 0.05) is 17.4 Å². The number of thiophene rings is 1. The number of hydrogen-bond acceptors (Lipinski definition) is 7. The lowest BCUT2D eigenvalue weighted by molar-refractivity contribution is 0.102. The predicted molar refractivity (Wildman–Crippen MR) is 84.1 cm³/mol. The van der Waals surface area contributed by atoms with E-state index in [1.807, 2.05) is 16.8 Å². The molecule has 0 atom stereocenters. The Kier molecular flexibility index (Phi) is 3.47. The molecule has 4 rings (SSSR count). The predicted octanol–water partition coefficient (Wildman–Crippen LogP) is 3.46. The third kappa shape index (κ3) is 2.93. The van der Waals surface area contributed by atoms with Gasteiger partial charge in [0.2, 0.25) is 5.13 Å². The Labute approximate surface area is 134 Å². The number of rotatable bonds is 5. The molecular weight excluding hydrogens is 320 g/mol. The van der Waals surface area contributed by atoms with Crippen molar-refractivity contribution in [2.45, 2.75) is 19.3 Å². The Hall–Kier alpha value is -2.06. The second-order valence-electron chi connectivity index (χ2n) is 5.15. The molecule has 22 heavy (non-hydrogen) atoms. The van der Waals surface area contributed by atoms with Crippen molar-refractivity contribution in [1.82, 2.24) is 15.2 Å². The molecule has 6 nitrogen and oxygen atoms in total. The van der Waals surface area contributed by atoms with Crippen LogP contribution in [0.4, 0.5) is 5.13 Å². The molecule has 0 spiro atoms. The van der Waals surface area contributed by atoms with Gasteiger partial charge in [-0.1, -0.05) is 11.3 Å². The SMILES string of the molecule is O=C(Nc1nnc(-c2ccsc2)s1)c1coc(CC2CC2)n1. The molecule has 1 saturated carbocycles. The molecule has 8 heteroatoms. The highest BCUT2D eigenvalue weighted by molar-refractivity contribution is 7.19. The molecule has 0 bridgehead atoms. The highest BCUT2D eigenvalue weighted by Crippen LogP contribution is 2.32. The van der Waals surface area contributed by atoms with E-state index in [4.69, 9.17) is 4.42 Å². The van der Waals surface area contributed by atoms with Crippen molar-refractivity contribution in [3.8, 4) is 10.6 Å². The van der Waals surface area contributed by atoms with E-state index in [1.54, 1.807) is 11.3 Å². The second-order valence-corrected chi connectivity index (χ2v) is 6.91. The summed E-state index contributed by atoms with van der Waals surface area (Å²) in [6.45, 7) is 0. The maximum atomic E-state index is 12.1. The summed E-state index contributed by atoms with van der Waals surface area (Å²) in [5, 5.41) is 16.0. The third-order valence-electron chi connectivity index (χ3n) is 3.36. The van der Waals surface area contributed by atoms with Gasteiger partial charge in [-0.25, -0.2) is 4.98 Å². The van der Waals surface area contributed by atoms with Crippen LogP contribution in [0, 0.1) is 5.92 Å². The summed E-state index contributed by atoms with van der Waals surface area (Å²) >= 11 is 2.93. The summed E-state index contributed by atoms with van der Waals surface area (Å²) < 4.78 is 5.34. The second kappa shape index (κ2) is 5.62. The number of amides is 1. The van der Waals surface area contributed by atoms with E-state index < -0.39 is 0 Å². The number of aromatic nitrogens is 3. The fourth-order valence-corrected chi connectivity index (χ4v) is 3.47. The fourth-order valence-electron chi connectivity index (χ4n) is 2.02. The number of carbonyl (C=O) groups excluding carboxylic acids is 1. The zero-order chi connectivity index (χ0) is 14.9. The molecule has 0 aromatic carbocycles. The molecule has 3 heterocycles. The van der Waals surface area contributed by atoms with E-state index in [0.717, 1.165) is 17.0 Å². The van der Waals surface area contributed by atoms with E-state index in [2.05, 4.69) is 20.5 Å². The molecule has 1 N–H and O–H groups in total. The van der Waals surface area contributed by atoms with Crippen molar-refractivity contribution in [2.24, 2.45) is 5.92 Å². The van der Waals surface area contributed by atoms with Crippen LogP contribution in [0.3, 0.4) is 0 Å². The van der Waals surface area contributed by atoms with Crippen LogP contribution < -0.4 is 5.32 Å². The minimum Gasteiger partial charge on any atom is -0.448 e. The van der Waals surface area contributed by atoms with Crippen LogP contribution in [0.15, 0.2) is 27.5 Å². The van der Waals surface area contributed by atoms with Crippen LogP contribution in [0.25, 0.3) is 10.6 Å².